The fourth-order valence-corrected chi connectivity index (χ4v) is 2.48. The van der Waals surface area contributed by atoms with Crippen molar-refractivity contribution in [3.05, 3.63) is 30.1 Å². The smallest absolute Gasteiger partial charge is 0.0958 e. The lowest BCUT2D eigenvalue weighted by molar-refractivity contribution is 0.0342. The molecular formula is C14H19N3O. The van der Waals surface area contributed by atoms with Crippen LogP contribution in [0.1, 0.15) is 12.5 Å². The fourth-order valence-electron chi connectivity index (χ4n) is 2.48. The maximum Gasteiger partial charge on any atom is 0.0958 e. The van der Waals surface area contributed by atoms with E-state index in [4.69, 9.17) is 4.74 Å². The quantitative estimate of drug-likeness (QED) is 0.827. The lowest BCUT2D eigenvalue weighted by Gasteiger charge is -2.26. The van der Waals surface area contributed by atoms with E-state index in [1.165, 1.54) is 11.1 Å². The van der Waals surface area contributed by atoms with Crippen molar-refractivity contribution in [3.63, 3.8) is 0 Å². The number of benzene rings is 1. The number of hydrogen-bond acceptors (Lipinski definition) is 3. The Morgan fingerprint density at radius 3 is 2.89 bits per heavy atom. The standard InChI is InChI=1S/C14H19N3O/c1-2-17-11-15-13-9-12(3-4-14(13)17)10-16-5-7-18-8-6-16/h3-4,9,11H,2,5-8,10H2,1H3. The average Bonchev–Trinajstić information content (AvgIpc) is 2.82. The van der Waals surface area contributed by atoms with E-state index in [2.05, 4.69) is 39.6 Å². The zero-order valence-corrected chi connectivity index (χ0v) is 10.8. The Morgan fingerprint density at radius 1 is 1.28 bits per heavy atom. The molecule has 0 N–H and O–H groups in total. The number of aryl methyl sites for hydroxylation is 1. The first kappa shape index (κ1) is 11.7. The predicted molar refractivity (Wildman–Crippen MR) is 71.5 cm³/mol. The molecule has 0 unspecified atom stereocenters. The molecule has 2 aromatic rings. The van der Waals surface area contributed by atoms with Gasteiger partial charge in [0, 0.05) is 26.2 Å². The van der Waals surface area contributed by atoms with Crippen molar-refractivity contribution in [2.24, 2.45) is 0 Å². The summed E-state index contributed by atoms with van der Waals surface area (Å²) >= 11 is 0. The molecule has 0 bridgehead atoms. The fraction of sp³-hybridized carbons (Fsp3) is 0.500. The van der Waals surface area contributed by atoms with Crippen molar-refractivity contribution in [2.45, 2.75) is 20.0 Å². The number of fused-ring (bicyclic) bond motifs is 1. The van der Waals surface area contributed by atoms with Gasteiger partial charge in [-0.3, -0.25) is 4.90 Å². The molecule has 0 amide bonds. The number of morpholine rings is 1. The van der Waals surface area contributed by atoms with E-state index in [1.54, 1.807) is 0 Å². The molecule has 1 aliphatic heterocycles. The van der Waals surface area contributed by atoms with Gasteiger partial charge < -0.3 is 9.30 Å². The summed E-state index contributed by atoms with van der Waals surface area (Å²) in [7, 11) is 0. The summed E-state index contributed by atoms with van der Waals surface area (Å²) in [5.41, 5.74) is 3.66. The minimum atomic E-state index is 0.854. The van der Waals surface area contributed by atoms with Gasteiger partial charge in [-0.15, -0.1) is 0 Å². The second-order valence-electron chi connectivity index (χ2n) is 4.74. The summed E-state index contributed by atoms with van der Waals surface area (Å²) in [5.74, 6) is 0. The Kier molecular flexibility index (Phi) is 3.30. The monoisotopic (exact) mass is 245 g/mol. The topological polar surface area (TPSA) is 30.3 Å². The molecule has 18 heavy (non-hydrogen) atoms. The summed E-state index contributed by atoms with van der Waals surface area (Å²) in [6.07, 6.45) is 1.92. The van der Waals surface area contributed by atoms with E-state index >= 15 is 0 Å². The van der Waals surface area contributed by atoms with Gasteiger partial charge >= 0.3 is 0 Å². The first-order chi connectivity index (χ1) is 8.86. The highest BCUT2D eigenvalue weighted by Gasteiger charge is 2.11. The van der Waals surface area contributed by atoms with Gasteiger partial charge in [0.05, 0.1) is 30.6 Å². The van der Waals surface area contributed by atoms with Gasteiger partial charge in [-0.1, -0.05) is 6.07 Å². The van der Waals surface area contributed by atoms with Crippen LogP contribution in [0.5, 0.6) is 0 Å². The lowest BCUT2D eigenvalue weighted by Crippen LogP contribution is -2.35. The summed E-state index contributed by atoms with van der Waals surface area (Å²) in [6.45, 7) is 7.88. The zero-order valence-electron chi connectivity index (χ0n) is 10.8. The largest absolute Gasteiger partial charge is 0.379 e. The first-order valence-electron chi connectivity index (χ1n) is 6.60. The molecule has 3 rings (SSSR count). The molecule has 0 aliphatic carbocycles. The van der Waals surface area contributed by atoms with Crippen molar-refractivity contribution in [2.75, 3.05) is 26.3 Å². The first-order valence-corrected chi connectivity index (χ1v) is 6.60. The highest BCUT2D eigenvalue weighted by atomic mass is 16.5. The van der Waals surface area contributed by atoms with E-state index in [9.17, 15) is 0 Å². The predicted octanol–water partition coefficient (Wildman–Crippen LogP) is 1.89. The molecule has 0 spiro atoms. The molecule has 1 saturated heterocycles. The van der Waals surface area contributed by atoms with Crippen molar-refractivity contribution in [1.82, 2.24) is 14.5 Å². The summed E-state index contributed by atoms with van der Waals surface area (Å²) in [6, 6.07) is 6.60. The third-order valence-corrected chi connectivity index (χ3v) is 3.54. The summed E-state index contributed by atoms with van der Waals surface area (Å²) in [5, 5.41) is 0. The van der Waals surface area contributed by atoms with Crippen molar-refractivity contribution in [3.8, 4) is 0 Å². The number of imidazole rings is 1. The van der Waals surface area contributed by atoms with Crippen LogP contribution in [0.25, 0.3) is 11.0 Å². The van der Waals surface area contributed by atoms with Crippen LogP contribution in [-0.2, 0) is 17.8 Å². The van der Waals surface area contributed by atoms with Gasteiger partial charge in [-0.25, -0.2) is 4.98 Å². The van der Waals surface area contributed by atoms with Crippen molar-refractivity contribution >= 4 is 11.0 Å². The molecule has 4 nitrogen and oxygen atoms in total. The van der Waals surface area contributed by atoms with Crippen LogP contribution in [0.3, 0.4) is 0 Å². The summed E-state index contributed by atoms with van der Waals surface area (Å²) in [4.78, 5) is 6.90. The van der Waals surface area contributed by atoms with Crippen LogP contribution in [-0.4, -0.2) is 40.8 Å². The van der Waals surface area contributed by atoms with Gasteiger partial charge in [-0.05, 0) is 24.6 Å². The second kappa shape index (κ2) is 5.08. The maximum atomic E-state index is 5.37. The van der Waals surface area contributed by atoms with Crippen LogP contribution >= 0.6 is 0 Å². The third-order valence-electron chi connectivity index (χ3n) is 3.54. The molecule has 1 aromatic heterocycles. The van der Waals surface area contributed by atoms with Gasteiger partial charge in [0.2, 0.25) is 0 Å². The van der Waals surface area contributed by atoms with Crippen LogP contribution in [0, 0.1) is 0 Å². The normalized spacial score (nSPS) is 17.4. The van der Waals surface area contributed by atoms with Gasteiger partial charge in [0.15, 0.2) is 0 Å². The zero-order chi connectivity index (χ0) is 12.4. The molecule has 0 radical (unpaired) electrons. The summed E-state index contributed by atoms with van der Waals surface area (Å²) < 4.78 is 7.54. The van der Waals surface area contributed by atoms with E-state index in [1.807, 2.05) is 6.33 Å². The third kappa shape index (κ3) is 2.26. The van der Waals surface area contributed by atoms with E-state index in [0.29, 0.717) is 0 Å². The van der Waals surface area contributed by atoms with Gasteiger partial charge in [0.25, 0.3) is 0 Å². The Balaban J connectivity index is 1.80. The van der Waals surface area contributed by atoms with Gasteiger partial charge in [-0.2, -0.15) is 0 Å². The number of nitrogens with zero attached hydrogens (tertiary/aromatic N) is 3. The molecule has 0 atom stereocenters. The van der Waals surface area contributed by atoms with Gasteiger partial charge in [0.1, 0.15) is 0 Å². The highest BCUT2D eigenvalue weighted by molar-refractivity contribution is 5.76. The Hall–Kier alpha value is -1.39. The Morgan fingerprint density at radius 2 is 2.11 bits per heavy atom. The molecular weight excluding hydrogens is 226 g/mol. The van der Waals surface area contributed by atoms with Crippen LogP contribution in [0.15, 0.2) is 24.5 Å². The Labute approximate surface area is 107 Å². The van der Waals surface area contributed by atoms with E-state index in [0.717, 1.165) is 44.9 Å². The highest BCUT2D eigenvalue weighted by Crippen LogP contribution is 2.16. The van der Waals surface area contributed by atoms with Crippen LogP contribution < -0.4 is 0 Å². The van der Waals surface area contributed by atoms with Crippen LogP contribution in [0.4, 0.5) is 0 Å². The molecule has 2 heterocycles. The van der Waals surface area contributed by atoms with E-state index < -0.39 is 0 Å². The SMILES string of the molecule is CCn1cnc2cc(CN3CCOCC3)ccc21. The molecule has 4 heteroatoms. The second-order valence-corrected chi connectivity index (χ2v) is 4.74. The number of ether oxygens (including phenoxy) is 1. The van der Waals surface area contributed by atoms with Crippen molar-refractivity contribution in [1.29, 1.82) is 0 Å². The number of aromatic nitrogens is 2. The Bertz CT molecular complexity index is 529. The lowest BCUT2D eigenvalue weighted by atomic mass is 10.2. The number of hydrogen-bond donors (Lipinski definition) is 0. The minimum absolute atomic E-state index is 0.854. The molecule has 1 aliphatic rings. The molecule has 96 valence electrons. The minimum Gasteiger partial charge on any atom is -0.379 e. The van der Waals surface area contributed by atoms with E-state index in [-0.39, 0.29) is 0 Å². The average molecular weight is 245 g/mol. The molecule has 1 aromatic carbocycles. The maximum absolute atomic E-state index is 5.37. The van der Waals surface area contributed by atoms with Crippen molar-refractivity contribution < 1.29 is 4.74 Å². The molecule has 0 saturated carbocycles. The molecule has 1 fully saturated rings. The van der Waals surface area contributed by atoms with Crippen LogP contribution in [0.2, 0.25) is 0 Å². The number of rotatable bonds is 3.